The quantitative estimate of drug-likeness (QED) is 0.279. The summed E-state index contributed by atoms with van der Waals surface area (Å²) >= 11 is 0. The lowest BCUT2D eigenvalue weighted by Crippen LogP contribution is -2.01. The van der Waals surface area contributed by atoms with Gasteiger partial charge in [0.1, 0.15) is 11.0 Å². The number of aryl methyl sites for hydroxylation is 2. The summed E-state index contributed by atoms with van der Waals surface area (Å²) in [6.45, 7) is 6.51. The first-order chi connectivity index (χ1) is 16.5. The molecule has 0 aliphatic carbocycles. The highest BCUT2D eigenvalue weighted by Crippen LogP contribution is 2.43. The van der Waals surface area contributed by atoms with Crippen LogP contribution in [0.25, 0.3) is 33.1 Å². The molecule has 34 heavy (non-hydrogen) atoms. The van der Waals surface area contributed by atoms with Crippen molar-refractivity contribution in [3.8, 4) is 22.6 Å². The van der Waals surface area contributed by atoms with Crippen molar-refractivity contribution in [2.24, 2.45) is 0 Å². The molecule has 0 saturated heterocycles. The van der Waals surface area contributed by atoms with E-state index >= 15 is 0 Å². The fourth-order valence-electron chi connectivity index (χ4n) is 4.25. The van der Waals surface area contributed by atoms with Gasteiger partial charge in [-0.2, -0.15) is 0 Å². The second-order valence-electron chi connectivity index (χ2n) is 8.14. The maximum Gasteiger partial charge on any atom is 0.348 e. The highest BCUT2D eigenvalue weighted by Gasteiger charge is 2.24. The van der Waals surface area contributed by atoms with E-state index in [2.05, 4.69) is 11.4 Å². The second kappa shape index (κ2) is 8.63. The molecular weight excluding hydrogens is 430 g/mol. The van der Waals surface area contributed by atoms with Crippen molar-refractivity contribution >= 4 is 33.5 Å². The molecule has 6 heteroatoms. The lowest BCUT2D eigenvalue weighted by Gasteiger charge is -2.13. The average Bonchev–Trinajstić information content (AvgIpc) is 3.21. The summed E-state index contributed by atoms with van der Waals surface area (Å²) in [6.07, 6.45) is 0. The summed E-state index contributed by atoms with van der Waals surface area (Å²) in [6, 6.07) is 19.0. The molecule has 0 amide bonds. The van der Waals surface area contributed by atoms with E-state index in [0.29, 0.717) is 46.1 Å². The van der Waals surface area contributed by atoms with Crippen LogP contribution in [0.1, 0.15) is 18.1 Å². The summed E-state index contributed by atoms with van der Waals surface area (Å²) < 4.78 is 23.2. The van der Waals surface area contributed by atoms with Crippen LogP contribution in [0, 0.1) is 13.8 Å². The third-order valence-electron chi connectivity index (χ3n) is 5.83. The maximum absolute atomic E-state index is 13.2. The minimum atomic E-state index is -0.464. The number of methoxy groups -OCH3 is 1. The number of nitrogens with one attached hydrogen (secondary N) is 1. The molecule has 2 aromatic heterocycles. The fraction of sp³-hybridized carbons (Fsp3) is 0.179. The van der Waals surface area contributed by atoms with Gasteiger partial charge in [-0.1, -0.05) is 35.9 Å². The zero-order valence-corrected chi connectivity index (χ0v) is 19.5. The molecule has 3 aromatic carbocycles. The van der Waals surface area contributed by atoms with Crippen LogP contribution in [0.5, 0.6) is 11.5 Å². The van der Waals surface area contributed by atoms with E-state index in [1.807, 2.05) is 69.3 Å². The lowest BCUT2D eigenvalue weighted by molar-refractivity contribution is 0.311. The number of furan rings is 1. The van der Waals surface area contributed by atoms with Crippen LogP contribution < -0.4 is 20.4 Å². The van der Waals surface area contributed by atoms with E-state index in [1.165, 1.54) is 0 Å². The van der Waals surface area contributed by atoms with Gasteiger partial charge < -0.3 is 23.6 Å². The Morgan fingerprint density at radius 1 is 0.941 bits per heavy atom. The van der Waals surface area contributed by atoms with Gasteiger partial charge in [0.25, 0.3) is 0 Å². The van der Waals surface area contributed by atoms with Crippen molar-refractivity contribution in [1.29, 1.82) is 0 Å². The van der Waals surface area contributed by atoms with Gasteiger partial charge in [-0.25, -0.2) is 4.79 Å². The first-order valence-electron chi connectivity index (χ1n) is 11.1. The van der Waals surface area contributed by atoms with Crippen LogP contribution in [-0.2, 0) is 0 Å². The van der Waals surface area contributed by atoms with E-state index < -0.39 is 5.63 Å². The van der Waals surface area contributed by atoms with Gasteiger partial charge >= 0.3 is 5.63 Å². The first-order valence-corrected chi connectivity index (χ1v) is 11.1. The Labute approximate surface area is 196 Å². The maximum atomic E-state index is 13.2. The molecule has 172 valence electrons. The number of hydrogen-bond acceptors (Lipinski definition) is 6. The third-order valence-corrected chi connectivity index (χ3v) is 5.83. The Balaban J connectivity index is 1.80. The predicted octanol–water partition coefficient (Wildman–Crippen LogP) is 6.97. The van der Waals surface area contributed by atoms with Crippen molar-refractivity contribution in [3.05, 3.63) is 82.2 Å². The van der Waals surface area contributed by atoms with Gasteiger partial charge in [-0.05, 0) is 62.2 Å². The van der Waals surface area contributed by atoms with Gasteiger partial charge in [0.05, 0.1) is 24.7 Å². The standard InChI is InChI=1S/C28H25NO5/c1-5-32-22-13-11-18(15-23(22)31-4)24-25-26(19-8-6-7-9-21(19)33-28(25)30)34-27(24)29-20-12-10-16(2)14-17(20)3/h6-15,29H,5H2,1-4H3. The fourth-order valence-corrected chi connectivity index (χ4v) is 4.25. The topological polar surface area (TPSA) is 73.8 Å². The molecule has 0 atom stereocenters. The third kappa shape index (κ3) is 3.67. The Kier molecular flexibility index (Phi) is 5.49. The molecule has 0 aliphatic rings. The van der Waals surface area contributed by atoms with Crippen molar-refractivity contribution in [3.63, 3.8) is 0 Å². The number of para-hydroxylation sites is 1. The van der Waals surface area contributed by atoms with Crippen LogP contribution >= 0.6 is 0 Å². The summed E-state index contributed by atoms with van der Waals surface area (Å²) in [4.78, 5) is 13.2. The van der Waals surface area contributed by atoms with Crippen LogP contribution in [-0.4, -0.2) is 13.7 Å². The zero-order valence-electron chi connectivity index (χ0n) is 19.5. The number of benzene rings is 3. The Hall–Kier alpha value is -4.19. The second-order valence-corrected chi connectivity index (χ2v) is 8.14. The summed E-state index contributed by atoms with van der Waals surface area (Å²) in [5.41, 5.74) is 4.95. The Bertz CT molecular complexity index is 1580. The highest BCUT2D eigenvalue weighted by molar-refractivity contribution is 6.10. The van der Waals surface area contributed by atoms with Crippen LogP contribution in [0.3, 0.4) is 0 Å². The van der Waals surface area contributed by atoms with Gasteiger partial charge in [0, 0.05) is 5.69 Å². The number of hydrogen-bond donors (Lipinski definition) is 1. The first kappa shape index (κ1) is 21.6. The molecule has 0 spiro atoms. The molecule has 1 N–H and O–H groups in total. The number of fused-ring (bicyclic) bond motifs is 3. The van der Waals surface area contributed by atoms with Gasteiger partial charge in [-0.3, -0.25) is 0 Å². The van der Waals surface area contributed by atoms with Gasteiger partial charge in [0.2, 0.25) is 5.88 Å². The van der Waals surface area contributed by atoms with E-state index in [1.54, 1.807) is 13.2 Å². The van der Waals surface area contributed by atoms with Gasteiger partial charge in [-0.15, -0.1) is 0 Å². The van der Waals surface area contributed by atoms with Crippen LogP contribution in [0.15, 0.2) is 74.3 Å². The minimum Gasteiger partial charge on any atom is -0.493 e. The van der Waals surface area contributed by atoms with E-state index in [9.17, 15) is 4.79 Å². The van der Waals surface area contributed by atoms with Crippen molar-refractivity contribution in [2.45, 2.75) is 20.8 Å². The molecule has 0 fully saturated rings. The molecular formula is C28H25NO5. The minimum absolute atomic E-state index is 0.372. The molecule has 0 saturated carbocycles. The Morgan fingerprint density at radius 3 is 2.53 bits per heavy atom. The molecule has 5 rings (SSSR count). The van der Waals surface area contributed by atoms with Crippen LogP contribution in [0.2, 0.25) is 0 Å². The summed E-state index contributed by atoms with van der Waals surface area (Å²) in [7, 11) is 1.59. The Morgan fingerprint density at radius 2 is 1.76 bits per heavy atom. The van der Waals surface area contributed by atoms with E-state index in [4.69, 9.17) is 18.3 Å². The molecule has 0 unspecified atom stereocenters. The summed E-state index contributed by atoms with van der Waals surface area (Å²) in [5.74, 6) is 1.65. The van der Waals surface area contributed by atoms with Gasteiger partial charge in [0.15, 0.2) is 17.1 Å². The molecule has 0 radical (unpaired) electrons. The summed E-state index contributed by atoms with van der Waals surface area (Å²) in [5, 5.41) is 4.51. The zero-order chi connectivity index (χ0) is 23.8. The predicted molar refractivity (Wildman–Crippen MR) is 135 cm³/mol. The van der Waals surface area contributed by atoms with E-state index in [-0.39, 0.29) is 0 Å². The normalized spacial score (nSPS) is 11.2. The molecule has 0 aliphatic heterocycles. The number of ether oxygens (including phenoxy) is 2. The SMILES string of the molecule is CCOc1ccc(-c2c(Nc3ccc(C)cc3C)oc3c2c(=O)oc2ccccc23)cc1OC. The van der Waals surface area contributed by atoms with Crippen molar-refractivity contribution in [2.75, 3.05) is 19.0 Å². The largest absolute Gasteiger partial charge is 0.493 e. The smallest absolute Gasteiger partial charge is 0.348 e. The molecule has 5 aromatic rings. The molecule has 2 heterocycles. The van der Waals surface area contributed by atoms with Crippen molar-refractivity contribution < 1.29 is 18.3 Å². The average molecular weight is 456 g/mol. The number of anilines is 2. The monoisotopic (exact) mass is 455 g/mol. The number of rotatable bonds is 6. The molecule has 6 nitrogen and oxygen atoms in total. The van der Waals surface area contributed by atoms with Crippen molar-refractivity contribution in [1.82, 2.24) is 0 Å². The lowest BCUT2D eigenvalue weighted by atomic mass is 10.0. The molecule has 0 bridgehead atoms. The highest BCUT2D eigenvalue weighted by atomic mass is 16.5. The van der Waals surface area contributed by atoms with E-state index in [0.717, 1.165) is 27.8 Å². The van der Waals surface area contributed by atoms with Crippen LogP contribution in [0.4, 0.5) is 11.6 Å².